The summed E-state index contributed by atoms with van der Waals surface area (Å²) in [6, 6.07) is 23.1. The molecule has 0 fully saturated rings. The Morgan fingerprint density at radius 3 is 2.32 bits per heavy atom. The number of amides is 1. The van der Waals surface area contributed by atoms with Crippen molar-refractivity contribution in [3.63, 3.8) is 0 Å². The van der Waals surface area contributed by atoms with Crippen molar-refractivity contribution in [1.29, 1.82) is 0 Å². The van der Waals surface area contributed by atoms with Crippen molar-refractivity contribution in [2.24, 2.45) is 0 Å². The molecule has 174 valence electrons. The molecule has 0 unspecified atom stereocenters. The van der Waals surface area contributed by atoms with Crippen LogP contribution in [0.5, 0.6) is 0 Å². The van der Waals surface area contributed by atoms with E-state index in [0.29, 0.717) is 30.4 Å². The van der Waals surface area contributed by atoms with Crippen molar-refractivity contribution < 1.29 is 4.79 Å². The van der Waals surface area contributed by atoms with Gasteiger partial charge in [-0.3, -0.25) is 18.7 Å². The quantitative estimate of drug-likeness (QED) is 0.438. The van der Waals surface area contributed by atoms with Crippen LogP contribution in [0, 0.1) is 13.8 Å². The van der Waals surface area contributed by atoms with Gasteiger partial charge >= 0.3 is 5.69 Å². The predicted molar refractivity (Wildman–Crippen MR) is 135 cm³/mol. The van der Waals surface area contributed by atoms with Gasteiger partial charge in [0.05, 0.1) is 17.4 Å². The van der Waals surface area contributed by atoms with Crippen molar-refractivity contribution in [2.75, 3.05) is 0 Å². The maximum absolute atomic E-state index is 13.4. The third kappa shape index (κ3) is 5.17. The summed E-state index contributed by atoms with van der Waals surface area (Å²) in [7, 11) is 0. The van der Waals surface area contributed by atoms with Crippen LogP contribution in [-0.4, -0.2) is 15.0 Å². The lowest BCUT2D eigenvalue weighted by Gasteiger charge is -2.15. The molecule has 0 saturated carbocycles. The van der Waals surface area contributed by atoms with E-state index in [9.17, 15) is 14.4 Å². The average Bonchev–Trinajstić information content (AvgIpc) is 2.84. The number of aromatic nitrogens is 2. The number of carbonyl (C=O) groups is 1. The molecule has 4 rings (SSSR count). The molecule has 0 atom stereocenters. The van der Waals surface area contributed by atoms with Crippen LogP contribution in [0.2, 0.25) is 0 Å². The first-order valence-electron chi connectivity index (χ1n) is 11.5. The molecule has 1 heterocycles. The highest BCUT2D eigenvalue weighted by Gasteiger charge is 2.14. The van der Waals surface area contributed by atoms with Crippen molar-refractivity contribution >= 4 is 16.8 Å². The SMILES string of the molecule is Cc1ccc(CNC(=O)CCCn2c(=O)c3ccccc3n(Cc3ccccc3C)c2=O)cc1. The number of benzene rings is 3. The van der Waals surface area contributed by atoms with Crippen molar-refractivity contribution in [1.82, 2.24) is 14.5 Å². The van der Waals surface area contributed by atoms with Crippen molar-refractivity contribution in [3.05, 3.63) is 116 Å². The van der Waals surface area contributed by atoms with Crippen molar-refractivity contribution in [2.45, 2.75) is 46.3 Å². The first-order valence-corrected chi connectivity index (χ1v) is 11.5. The van der Waals surface area contributed by atoms with Gasteiger partial charge < -0.3 is 5.32 Å². The number of hydrogen-bond donors (Lipinski definition) is 1. The number of nitrogens with one attached hydrogen (secondary N) is 1. The van der Waals surface area contributed by atoms with Gasteiger partial charge in [0.15, 0.2) is 0 Å². The van der Waals surface area contributed by atoms with Crippen LogP contribution < -0.4 is 16.6 Å². The van der Waals surface area contributed by atoms with Gasteiger partial charge in [0, 0.05) is 19.5 Å². The molecule has 4 aromatic rings. The predicted octanol–water partition coefficient (Wildman–Crippen LogP) is 3.92. The number of rotatable bonds is 8. The molecule has 3 aromatic carbocycles. The molecule has 6 nitrogen and oxygen atoms in total. The molecule has 0 radical (unpaired) electrons. The van der Waals surface area contributed by atoms with Crippen LogP contribution in [0.15, 0.2) is 82.4 Å². The largest absolute Gasteiger partial charge is 0.352 e. The number of fused-ring (bicyclic) bond motifs is 1. The molecular formula is C28H29N3O3. The fourth-order valence-corrected chi connectivity index (χ4v) is 4.07. The molecule has 0 aliphatic heterocycles. The molecule has 0 spiro atoms. The number of carbonyl (C=O) groups excluding carboxylic acids is 1. The van der Waals surface area contributed by atoms with Gasteiger partial charge in [-0.2, -0.15) is 0 Å². The molecule has 0 saturated heterocycles. The van der Waals surface area contributed by atoms with Crippen LogP contribution in [-0.2, 0) is 24.4 Å². The monoisotopic (exact) mass is 455 g/mol. The maximum atomic E-state index is 13.4. The second kappa shape index (κ2) is 10.3. The summed E-state index contributed by atoms with van der Waals surface area (Å²) in [6.45, 7) is 5.05. The van der Waals surface area contributed by atoms with Gasteiger partial charge in [0.2, 0.25) is 5.91 Å². The summed E-state index contributed by atoms with van der Waals surface area (Å²) in [5.74, 6) is -0.102. The lowest BCUT2D eigenvalue weighted by molar-refractivity contribution is -0.121. The highest BCUT2D eigenvalue weighted by atomic mass is 16.2. The van der Waals surface area contributed by atoms with E-state index in [1.807, 2.05) is 68.4 Å². The summed E-state index contributed by atoms with van der Waals surface area (Å²) < 4.78 is 2.91. The fourth-order valence-electron chi connectivity index (χ4n) is 4.07. The first kappa shape index (κ1) is 23.2. The molecule has 0 aliphatic carbocycles. The van der Waals surface area contributed by atoms with Gasteiger partial charge in [0.25, 0.3) is 5.56 Å². The zero-order valence-corrected chi connectivity index (χ0v) is 19.6. The number of aryl methyl sites for hydroxylation is 2. The molecule has 1 aromatic heterocycles. The zero-order valence-electron chi connectivity index (χ0n) is 19.6. The second-order valence-electron chi connectivity index (χ2n) is 8.64. The summed E-state index contributed by atoms with van der Waals surface area (Å²) in [5, 5.41) is 3.40. The van der Waals surface area contributed by atoms with Crippen LogP contribution >= 0.6 is 0 Å². The lowest BCUT2D eigenvalue weighted by Crippen LogP contribution is -2.40. The molecule has 0 bridgehead atoms. The average molecular weight is 456 g/mol. The normalized spacial score (nSPS) is 11.0. The number of hydrogen-bond acceptors (Lipinski definition) is 3. The van der Waals surface area contributed by atoms with E-state index >= 15 is 0 Å². The molecule has 34 heavy (non-hydrogen) atoms. The molecule has 6 heteroatoms. The highest BCUT2D eigenvalue weighted by molar-refractivity contribution is 5.78. The topological polar surface area (TPSA) is 73.1 Å². The van der Waals surface area contributed by atoms with E-state index in [-0.39, 0.29) is 30.1 Å². The fraction of sp³-hybridized carbons (Fsp3) is 0.250. The van der Waals surface area contributed by atoms with Gasteiger partial charge in [-0.15, -0.1) is 0 Å². The molecule has 1 N–H and O–H groups in total. The molecule has 0 aliphatic rings. The Morgan fingerprint density at radius 2 is 1.56 bits per heavy atom. The standard InChI is InChI=1S/C28H29N3O3/c1-20-13-15-22(16-14-20)18-29-26(32)12-7-17-30-27(33)24-10-5-6-11-25(24)31(28(30)34)19-23-9-4-3-8-21(23)2/h3-6,8-11,13-16H,7,12,17-19H2,1-2H3,(H,29,32). The first-order chi connectivity index (χ1) is 16.4. The third-order valence-electron chi connectivity index (χ3n) is 6.12. The minimum Gasteiger partial charge on any atom is -0.352 e. The Morgan fingerprint density at radius 1 is 0.853 bits per heavy atom. The van der Waals surface area contributed by atoms with Gasteiger partial charge in [-0.1, -0.05) is 66.2 Å². The highest BCUT2D eigenvalue weighted by Crippen LogP contribution is 2.13. The lowest BCUT2D eigenvalue weighted by atomic mass is 10.1. The van der Waals surface area contributed by atoms with Crippen LogP contribution in [0.4, 0.5) is 0 Å². The second-order valence-corrected chi connectivity index (χ2v) is 8.64. The minimum absolute atomic E-state index is 0.102. The van der Waals surface area contributed by atoms with E-state index < -0.39 is 0 Å². The zero-order chi connectivity index (χ0) is 24.1. The Hall–Kier alpha value is -3.93. The Kier molecular flexibility index (Phi) is 7.07. The van der Waals surface area contributed by atoms with Crippen LogP contribution in [0.3, 0.4) is 0 Å². The number of para-hydroxylation sites is 1. The molecular weight excluding hydrogens is 426 g/mol. The Bertz CT molecular complexity index is 1430. The third-order valence-corrected chi connectivity index (χ3v) is 6.12. The van der Waals surface area contributed by atoms with Crippen LogP contribution in [0.1, 0.15) is 35.1 Å². The Labute approximate surface area is 198 Å². The van der Waals surface area contributed by atoms with E-state index in [2.05, 4.69) is 5.32 Å². The smallest absolute Gasteiger partial charge is 0.331 e. The number of nitrogens with zero attached hydrogens (tertiary/aromatic N) is 2. The summed E-state index contributed by atoms with van der Waals surface area (Å²) in [6.07, 6.45) is 0.639. The maximum Gasteiger partial charge on any atom is 0.331 e. The molecule has 1 amide bonds. The van der Waals surface area contributed by atoms with Gasteiger partial charge in [0.1, 0.15) is 0 Å². The van der Waals surface area contributed by atoms with Crippen LogP contribution in [0.25, 0.3) is 10.9 Å². The van der Waals surface area contributed by atoms with Gasteiger partial charge in [-0.05, 0) is 49.1 Å². The van der Waals surface area contributed by atoms with E-state index in [4.69, 9.17) is 0 Å². The van der Waals surface area contributed by atoms with E-state index in [1.165, 1.54) is 10.1 Å². The summed E-state index contributed by atoms with van der Waals surface area (Å²) in [5.41, 5.74) is 4.26. The Balaban J connectivity index is 1.51. The van der Waals surface area contributed by atoms with E-state index in [0.717, 1.165) is 16.7 Å². The summed E-state index contributed by atoms with van der Waals surface area (Å²) in [4.78, 5) is 38.8. The van der Waals surface area contributed by atoms with E-state index in [1.54, 1.807) is 22.8 Å². The van der Waals surface area contributed by atoms with Crippen molar-refractivity contribution in [3.8, 4) is 0 Å². The summed E-state index contributed by atoms with van der Waals surface area (Å²) >= 11 is 0. The van der Waals surface area contributed by atoms with Gasteiger partial charge in [-0.25, -0.2) is 4.79 Å². The minimum atomic E-state index is -0.355.